The molecule has 0 radical (unpaired) electrons. The summed E-state index contributed by atoms with van der Waals surface area (Å²) in [5.41, 5.74) is 0. The number of hydrogen-bond donors (Lipinski definition) is 0. The van der Waals surface area contributed by atoms with E-state index in [1.54, 1.807) is 0 Å². The van der Waals surface area contributed by atoms with Crippen LogP contribution in [0.4, 0.5) is 2.87 Å². The number of rotatable bonds is 6. The molecule has 0 amide bonds. The zero-order valence-corrected chi connectivity index (χ0v) is 26.0. The third-order valence-electron chi connectivity index (χ3n) is 10.8. The average molecular weight is 555 g/mol. The molecule has 3 rings (SSSR count). The van der Waals surface area contributed by atoms with Crippen molar-refractivity contribution in [3.8, 4) is 0 Å². The maximum atomic E-state index is 19.0. The fourth-order valence-corrected chi connectivity index (χ4v) is 30.5. The molecule has 3 aliphatic rings. The van der Waals surface area contributed by atoms with Crippen molar-refractivity contribution in [2.45, 2.75) is 132 Å². The summed E-state index contributed by atoms with van der Waals surface area (Å²) in [4.78, 5) is 0. The Kier molecular flexibility index (Phi) is 9.56. The van der Waals surface area contributed by atoms with Gasteiger partial charge in [-0.05, 0) is 0 Å². The first-order chi connectivity index (χ1) is 15.0. The van der Waals surface area contributed by atoms with Crippen LogP contribution in [0.2, 0.25) is 11.8 Å². The van der Waals surface area contributed by atoms with E-state index in [1.807, 2.05) is 0 Å². The first-order valence-corrected chi connectivity index (χ1v) is 20.7. The van der Waals surface area contributed by atoms with Crippen molar-refractivity contribution in [1.29, 1.82) is 0 Å². The first kappa shape index (κ1) is 27.3. The molecule has 0 heterocycles. The number of hydrogen-bond acceptors (Lipinski definition) is 0. The fourth-order valence-electron chi connectivity index (χ4n) is 8.96. The minimum atomic E-state index is -4.10. The van der Waals surface area contributed by atoms with Gasteiger partial charge in [0.15, 0.2) is 0 Å². The summed E-state index contributed by atoms with van der Waals surface area (Å²) in [5, 5.41) is 0. The van der Waals surface area contributed by atoms with Crippen molar-refractivity contribution >= 4 is 18.9 Å². The van der Waals surface area contributed by atoms with Crippen molar-refractivity contribution in [2.75, 3.05) is 0 Å². The second-order valence-corrected chi connectivity index (χ2v) is 25.2. The molecule has 3 fully saturated rings. The Labute approximate surface area is 206 Å². The quantitative estimate of drug-likeness (QED) is 0.286. The topological polar surface area (TPSA) is 0 Å². The van der Waals surface area contributed by atoms with Gasteiger partial charge < -0.3 is 0 Å². The van der Waals surface area contributed by atoms with Crippen LogP contribution >= 0.6 is 0 Å². The summed E-state index contributed by atoms with van der Waals surface area (Å²) in [5.74, 6) is 6.12. The van der Waals surface area contributed by atoms with Crippen LogP contribution in [0, 0.1) is 53.3 Å². The van der Waals surface area contributed by atoms with Gasteiger partial charge in [0.1, 0.15) is 0 Å². The SMILES string of the molecule is CC(C)[C@@H]1CC[C@@H](C)C[C@H]1[Sn]([F])([C@@H]1C[C@H](C)CC[C@H]1C(C)C)[C@@H]1C[C@H](C)CC[C@H]1C(C)C. The molecule has 0 aromatic heterocycles. The second kappa shape index (κ2) is 11.2. The van der Waals surface area contributed by atoms with E-state index in [9.17, 15) is 0 Å². The first-order valence-electron chi connectivity index (χ1n) is 14.7. The van der Waals surface area contributed by atoms with E-state index < -0.39 is 18.9 Å². The molecule has 32 heavy (non-hydrogen) atoms. The van der Waals surface area contributed by atoms with E-state index in [1.165, 1.54) is 57.8 Å². The Balaban J connectivity index is 2.14. The van der Waals surface area contributed by atoms with Crippen molar-refractivity contribution in [1.82, 2.24) is 0 Å². The summed E-state index contributed by atoms with van der Waals surface area (Å²) >= 11 is -4.10. The molecule has 0 aliphatic heterocycles. The summed E-state index contributed by atoms with van der Waals surface area (Å²) in [6.45, 7) is 21.9. The van der Waals surface area contributed by atoms with Gasteiger partial charge in [-0.25, -0.2) is 0 Å². The Morgan fingerprint density at radius 1 is 0.500 bits per heavy atom. The van der Waals surface area contributed by atoms with E-state index in [4.69, 9.17) is 0 Å². The van der Waals surface area contributed by atoms with E-state index in [-0.39, 0.29) is 0 Å². The zero-order valence-electron chi connectivity index (χ0n) is 23.2. The summed E-state index contributed by atoms with van der Waals surface area (Å²) in [6, 6.07) is 0. The molecule has 0 nitrogen and oxygen atoms in total. The zero-order chi connectivity index (χ0) is 23.8. The van der Waals surface area contributed by atoms with Gasteiger partial charge >= 0.3 is 207 Å². The summed E-state index contributed by atoms with van der Waals surface area (Å²) < 4.78 is 20.4. The van der Waals surface area contributed by atoms with E-state index in [0.717, 1.165) is 17.8 Å². The van der Waals surface area contributed by atoms with Gasteiger partial charge in [0.2, 0.25) is 0 Å². The van der Waals surface area contributed by atoms with E-state index in [0.29, 0.717) is 47.3 Å². The summed E-state index contributed by atoms with van der Waals surface area (Å²) in [7, 11) is 0. The molecule has 0 aromatic rings. The molecule has 3 saturated carbocycles. The molecule has 0 aromatic carbocycles. The molecule has 2 heteroatoms. The predicted octanol–water partition coefficient (Wildman–Crippen LogP) is 10.3. The van der Waals surface area contributed by atoms with Crippen LogP contribution in [0.5, 0.6) is 0 Å². The van der Waals surface area contributed by atoms with E-state index in [2.05, 4.69) is 62.3 Å². The molecular weight excluding hydrogens is 498 g/mol. The van der Waals surface area contributed by atoms with Crippen LogP contribution in [0.1, 0.15) is 120 Å². The molecule has 0 unspecified atom stereocenters. The second-order valence-electron chi connectivity index (χ2n) is 14.1. The average Bonchev–Trinajstić information content (AvgIpc) is 2.72. The Morgan fingerprint density at radius 3 is 0.969 bits per heavy atom. The molecule has 9 atom stereocenters. The molecular formula is C30H57FSn. The van der Waals surface area contributed by atoms with Crippen molar-refractivity contribution in [3.63, 3.8) is 0 Å². The van der Waals surface area contributed by atoms with Gasteiger partial charge in [0, 0.05) is 0 Å². The van der Waals surface area contributed by atoms with E-state index >= 15 is 2.87 Å². The molecule has 0 saturated heterocycles. The number of halogens is 1. The van der Waals surface area contributed by atoms with Gasteiger partial charge in [-0.2, -0.15) is 0 Å². The standard InChI is InChI=1S/3C10H19.FH.Sn/c3*1-8(2)10-6-4-9(3)5-7-10;;/h3*6,8-10H,4-5,7H2,1-3H3;1H;/q;;;;+1/p-1/t3*9-,10-;;/m000../s1. The molecule has 0 spiro atoms. The van der Waals surface area contributed by atoms with Crippen LogP contribution in [-0.4, -0.2) is 18.9 Å². The Bertz CT molecular complexity index is 505. The van der Waals surface area contributed by atoms with Crippen molar-refractivity contribution < 1.29 is 2.87 Å². The van der Waals surface area contributed by atoms with Gasteiger partial charge in [-0.15, -0.1) is 0 Å². The summed E-state index contributed by atoms with van der Waals surface area (Å²) in [6.07, 6.45) is 11.6. The van der Waals surface area contributed by atoms with Gasteiger partial charge in [-0.1, -0.05) is 0 Å². The van der Waals surface area contributed by atoms with Crippen LogP contribution < -0.4 is 0 Å². The Morgan fingerprint density at radius 2 is 0.750 bits per heavy atom. The molecule has 0 bridgehead atoms. The Hall–Kier alpha value is 0.729. The fraction of sp³-hybridized carbons (Fsp3) is 1.00. The third-order valence-corrected chi connectivity index (χ3v) is 26.2. The molecule has 0 N–H and O–H groups in total. The maximum absolute atomic E-state index is 19.0. The monoisotopic (exact) mass is 556 g/mol. The molecule has 188 valence electrons. The van der Waals surface area contributed by atoms with Gasteiger partial charge in [-0.3, -0.25) is 0 Å². The van der Waals surface area contributed by atoms with Crippen LogP contribution in [0.3, 0.4) is 0 Å². The molecule has 3 aliphatic carbocycles. The van der Waals surface area contributed by atoms with Crippen LogP contribution in [-0.2, 0) is 0 Å². The minimum absolute atomic E-state index is 0.473. The third kappa shape index (κ3) is 5.59. The van der Waals surface area contributed by atoms with Crippen LogP contribution in [0.15, 0.2) is 0 Å². The van der Waals surface area contributed by atoms with Crippen molar-refractivity contribution in [2.24, 2.45) is 53.3 Å². The van der Waals surface area contributed by atoms with Crippen molar-refractivity contribution in [3.05, 3.63) is 0 Å². The van der Waals surface area contributed by atoms with Crippen LogP contribution in [0.25, 0.3) is 0 Å². The normalized spacial score (nSPS) is 42.1. The van der Waals surface area contributed by atoms with Gasteiger partial charge in [0.05, 0.1) is 0 Å². The van der Waals surface area contributed by atoms with Gasteiger partial charge in [0.25, 0.3) is 0 Å². The predicted molar refractivity (Wildman–Crippen MR) is 142 cm³/mol.